The molecule has 0 aliphatic heterocycles. The smallest absolute Gasteiger partial charge is 0.171 e. The molecule has 0 atom stereocenters. The van der Waals surface area contributed by atoms with Gasteiger partial charge in [-0.2, -0.15) is 0 Å². The van der Waals surface area contributed by atoms with Gasteiger partial charge >= 0.3 is 0 Å². The van der Waals surface area contributed by atoms with Crippen molar-refractivity contribution < 1.29 is 14.3 Å². The molecule has 0 fully saturated rings. The minimum atomic E-state index is 0.0106. The highest BCUT2D eigenvalue weighted by Crippen LogP contribution is 2.35. The Morgan fingerprint density at radius 1 is 1.07 bits per heavy atom. The third kappa shape index (κ3) is 3.56. The second-order valence-electron chi connectivity index (χ2n) is 5.79. The van der Waals surface area contributed by atoms with E-state index in [2.05, 4.69) is 9.97 Å². The summed E-state index contributed by atoms with van der Waals surface area (Å²) in [6.45, 7) is 0. The fourth-order valence-electron chi connectivity index (χ4n) is 2.76. The number of thiazole rings is 1. The predicted octanol–water partition coefficient (Wildman–Crippen LogP) is 4.86. The SMILES string of the molecule is COc1ccc(C(=O)Cc2ccc(-c3nc4cnccc4s3)s2)c(OC)c1. The molecule has 0 spiro atoms. The van der Waals surface area contributed by atoms with Gasteiger partial charge in [0.1, 0.15) is 22.0 Å². The molecule has 0 radical (unpaired) electrons. The van der Waals surface area contributed by atoms with E-state index in [1.165, 1.54) is 0 Å². The van der Waals surface area contributed by atoms with Gasteiger partial charge in [0.2, 0.25) is 0 Å². The lowest BCUT2D eigenvalue weighted by molar-refractivity contribution is 0.0991. The van der Waals surface area contributed by atoms with E-state index in [4.69, 9.17) is 9.47 Å². The van der Waals surface area contributed by atoms with Gasteiger partial charge < -0.3 is 9.47 Å². The van der Waals surface area contributed by atoms with Crippen LogP contribution in [0.25, 0.3) is 20.1 Å². The number of methoxy groups -OCH3 is 2. The molecule has 0 saturated heterocycles. The van der Waals surface area contributed by atoms with Crippen LogP contribution in [0.4, 0.5) is 0 Å². The number of hydrogen-bond acceptors (Lipinski definition) is 7. The lowest BCUT2D eigenvalue weighted by Crippen LogP contribution is -2.05. The molecule has 1 aromatic carbocycles. The first-order chi connectivity index (χ1) is 13.2. The molecule has 4 rings (SSSR count). The van der Waals surface area contributed by atoms with Crippen molar-refractivity contribution in [1.82, 2.24) is 9.97 Å². The van der Waals surface area contributed by atoms with Gasteiger partial charge in [-0.15, -0.1) is 22.7 Å². The molecule has 0 aliphatic carbocycles. The zero-order chi connectivity index (χ0) is 18.8. The maximum atomic E-state index is 12.7. The summed E-state index contributed by atoms with van der Waals surface area (Å²) in [4.78, 5) is 23.5. The van der Waals surface area contributed by atoms with Crippen molar-refractivity contribution in [3.63, 3.8) is 0 Å². The Morgan fingerprint density at radius 2 is 1.96 bits per heavy atom. The summed E-state index contributed by atoms with van der Waals surface area (Å²) < 4.78 is 11.6. The summed E-state index contributed by atoms with van der Waals surface area (Å²) >= 11 is 3.22. The molecule has 3 aromatic heterocycles. The van der Waals surface area contributed by atoms with Crippen LogP contribution in [-0.2, 0) is 6.42 Å². The molecule has 136 valence electrons. The molecule has 4 aromatic rings. The largest absolute Gasteiger partial charge is 0.497 e. The van der Waals surface area contributed by atoms with Crippen LogP contribution in [0.5, 0.6) is 11.5 Å². The number of thiophene rings is 1. The fourth-order valence-corrected chi connectivity index (χ4v) is 4.75. The Bertz CT molecular complexity index is 1080. The standard InChI is InChI=1S/C20H16N2O3S2/c1-24-12-3-5-14(17(9-12)25-2)16(23)10-13-4-6-19(26-13)20-22-15-11-21-8-7-18(15)27-20/h3-9,11H,10H2,1-2H3. The molecule has 0 saturated carbocycles. The number of carbonyl (C=O) groups excluding carboxylic acids is 1. The zero-order valence-corrected chi connectivity index (χ0v) is 16.4. The van der Waals surface area contributed by atoms with Crippen LogP contribution >= 0.6 is 22.7 Å². The summed E-state index contributed by atoms with van der Waals surface area (Å²) in [6, 6.07) is 11.2. The monoisotopic (exact) mass is 396 g/mol. The van der Waals surface area contributed by atoms with Crippen molar-refractivity contribution in [2.45, 2.75) is 6.42 Å². The summed E-state index contributed by atoms with van der Waals surface area (Å²) in [5, 5.41) is 0.948. The van der Waals surface area contributed by atoms with Crippen molar-refractivity contribution >= 4 is 38.7 Å². The van der Waals surface area contributed by atoms with Crippen LogP contribution in [0.15, 0.2) is 48.8 Å². The number of pyridine rings is 1. The van der Waals surface area contributed by atoms with Crippen molar-refractivity contribution in [1.29, 1.82) is 0 Å². The van der Waals surface area contributed by atoms with Gasteiger partial charge in [0.15, 0.2) is 5.78 Å². The summed E-state index contributed by atoms with van der Waals surface area (Å²) in [6.07, 6.45) is 3.86. The molecule has 0 unspecified atom stereocenters. The van der Waals surface area contributed by atoms with Crippen LogP contribution in [0, 0.1) is 0 Å². The molecule has 27 heavy (non-hydrogen) atoms. The topological polar surface area (TPSA) is 61.3 Å². The molecule has 0 aliphatic rings. The quantitative estimate of drug-likeness (QED) is 0.436. The Hall–Kier alpha value is -2.77. The Labute approximate surface area is 164 Å². The highest BCUT2D eigenvalue weighted by molar-refractivity contribution is 7.25. The van der Waals surface area contributed by atoms with Gasteiger partial charge in [0, 0.05) is 23.6 Å². The number of ether oxygens (including phenoxy) is 2. The predicted molar refractivity (Wildman–Crippen MR) is 108 cm³/mol. The first-order valence-corrected chi connectivity index (χ1v) is 9.86. The van der Waals surface area contributed by atoms with E-state index in [1.54, 1.807) is 67.5 Å². The van der Waals surface area contributed by atoms with E-state index in [1.807, 2.05) is 18.2 Å². The number of ketones is 1. The van der Waals surface area contributed by atoms with Crippen LogP contribution in [0.3, 0.4) is 0 Å². The normalized spacial score (nSPS) is 10.9. The maximum Gasteiger partial charge on any atom is 0.171 e. The third-order valence-corrected chi connectivity index (χ3v) is 6.40. The first-order valence-electron chi connectivity index (χ1n) is 8.23. The summed E-state index contributed by atoms with van der Waals surface area (Å²) in [5.74, 6) is 1.19. The van der Waals surface area contributed by atoms with Gasteiger partial charge in [-0.3, -0.25) is 9.78 Å². The third-order valence-electron chi connectivity index (χ3n) is 4.11. The highest BCUT2D eigenvalue weighted by atomic mass is 32.1. The molecule has 0 amide bonds. The molecule has 5 nitrogen and oxygen atoms in total. The van der Waals surface area contributed by atoms with Crippen LogP contribution in [0.1, 0.15) is 15.2 Å². The van der Waals surface area contributed by atoms with Crippen molar-refractivity contribution in [2.24, 2.45) is 0 Å². The van der Waals surface area contributed by atoms with E-state index < -0.39 is 0 Å². The number of hydrogen-bond donors (Lipinski definition) is 0. The van der Waals surface area contributed by atoms with E-state index in [9.17, 15) is 4.79 Å². The minimum Gasteiger partial charge on any atom is -0.497 e. The van der Waals surface area contributed by atoms with Gasteiger partial charge in [-0.1, -0.05) is 0 Å². The molecule has 0 N–H and O–H groups in total. The van der Waals surface area contributed by atoms with E-state index in [0.717, 1.165) is 25.0 Å². The molecule has 0 bridgehead atoms. The second kappa shape index (κ2) is 7.46. The van der Waals surface area contributed by atoms with Crippen molar-refractivity contribution in [3.8, 4) is 21.4 Å². The van der Waals surface area contributed by atoms with Crippen LogP contribution in [-0.4, -0.2) is 30.0 Å². The van der Waals surface area contributed by atoms with E-state index in [-0.39, 0.29) is 5.78 Å². The molecular weight excluding hydrogens is 380 g/mol. The average molecular weight is 396 g/mol. The lowest BCUT2D eigenvalue weighted by atomic mass is 10.1. The van der Waals surface area contributed by atoms with E-state index in [0.29, 0.717) is 23.5 Å². The van der Waals surface area contributed by atoms with Crippen molar-refractivity contribution in [2.75, 3.05) is 14.2 Å². The molecule has 3 heterocycles. The van der Waals surface area contributed by atoms with Gasteiger partial charge in [0.05, 0.1) is 35.6 Å². The van der Waals surface area contributed by atoms with Crippen molar-refractivity contribution in [3.05, 3.63) is 59.2 Å². The first kappa shape index (κ1) is 17.6. The Morgan fingerprint density at radius 3 is 2.74 bits per heavy atom. The van der Waals surface area contributed by atoms with Gasteiger partial charge in [-0.25, -0.2) is 4.98 Å². The van der Waals surface area contributed by atoms with Crippen LogP contribution in [0.2, 0.25) is 0 Å². The average Bonchev–Trinajstić information content (AvgIpc) is 3.33. The zero-order valence-electron chi connectivity index (χ0n) is 14.8. The van der Waals surface area contributed by atoms with Gasteiger partial charge in [0.25, 0.3) is 0 Å². The number of Topliss-reactive ketones (excluding diaryl/α,β-unsaturated/α-hetero) is 1. The number of carbonyl (C=O) groups is 1. The Kier molecular flexibility index (Phi) is 4.87. The Balaban J connectivity index is 1.56. The molecule has 7 heteroatoms. The number of rotatable bonds is 6. The molecular formula is C20H16N2O3S2. The number of aromatic nitrogens is 2. The highest BCUT2D eigenvalue weighted by Gasteiger charge is 2.16. The summed E-state index contributed by atoms with van der Waals surface area (Å²) in [5.41, 5.74) is 1.45. The second-order valence-corrected chi connectivity index (χ2v) is 7.99. The number of benzene rings is 1. The van der Waals surface area contributed by atoms with E-state index >= 15 is 0 Å². The minimum absolute atomic E-state index is 0.0106. The maximum absolute atomic E-state index is 12.7. The van der Waals surface area contributed by atoms with Gasteiger partial charge in [-0.05, 0) is 30.3 Å². The number of fused-ring (bicyclic) bond motifs is 1. The van der Waals surface area contributed by atoms with Crippen LogP contribution < -0.4 is 9.47 Å². The fraction of sp³-hybridized carbons (Fsp3) is 0.150. The lowest BCUT2D eigenvalue weighted by Gasteiger charge is -2.09. The number of nitrogens with zero attached hydrogens (tertiary/aromatic N) is 2. The summed E-state index contributed by atoms with van der Waals surface area (Å²) in [7, 11) is 3.14.